The normalized spacial score (nSPS) is 14.1. The molecule has 0 saturated carbocycles. The maximum Gasteiger partial charge on any atom is 0.306 e. The average Bonchev–Trinajstić information content (AvgIpc) is 3.28. The molecule has 0 fully saturated rings. The molecule has 0 aromatic heterocycles. The molecule has 0 radical (unpaired) electrons. The van der Waals surface area contributed by atoms with Crippen molar-refractivity contribution in [3.05, 3.63) is 36.5 Å². The lowest BCUT2D eigenvalue weighted by Gasteiger charge is -2.30. The molecule has 67 heavy (non-hydrogen) atoms. The number of allylic oxidation sites excluding steroid dienone is 5. The van der Waals surface area contributed by atoms with Crippen molar-refractivity contribution in [2.75, 3.05) is 40.9 Å². The second-order valence-corrected chi connectivity index (χ2v) is 21.8. The van der Waals surface area contributed by atoms with Crippen molar-refractivity contribution in [3.63, 3.8) is 0 Å². The zero-order chi connectivity index (χ0) is 49.4. The van der Waals surface area contributed by atoms with Crippen LogP contribution in [0.1, 0.15) is 265 Å². The van der Waals surface area contributed by atoms with E-state index in [9.17, 15) is 19.0 Å². The zero-order valence-electron chi connectivity index (χ0n) is 44.9. The fourth-order valence-corrected chi connectivity index (χ4v) is 8.81. The van der Waals surface area contributed by atoms with Crippen LogP contribution in [0.3, 0.4) is 0 Å². The van der Waals surface area contributed by atoms with Crippen LogP contribution < -0.4 is 10.2 Å². The van der Waals surface area contributed by atoms with Crippen LogP contribution >= 0.6 is 7.82 Å². The monoisotopic (exact) mass is 965 g/mol. The summed E-state index contributed by atoms with van der Waals surface area (Å²) in [6.45, 7) is 6.79. The second kappa shape index (κ2) is 47.9. The maximum atomic E-state index is 13.4. The third-order valence-electron chi connectivity index (χ3n) is 12.5. The molecule has 0 spiro atoms. The predicted molar refractivity (Wildman–Crippen MR) is 284 cm³/mol. The van der Waals surface area contributed by atoms with E-state index in [4.69, 9.17) is 13.8 Å². The van der Waals surface area contributed by atoms with Gasteiger partial charge in [-0.3, -0.25) is 14.2 Å². The highest BCUT2D eigenvalue weighted by Gasteiger charge is 2.27. The molecule has 10 heteroatoms. The number of quaternary nitrogens is 1. The van der Waals surface area contributed by atoms with E-state index >= 15 is 0 Å². The fourth-order valence-electron chi connectivity index (χ4n) is 8.09. The molecule has 0 aliphatic heterocycles. The Morgan fingerprint density at radius 3 is 1.31 bits per heavy atom. The number of nitrogens with one attached hydrogen (secondary N) is 1. The van der Waals surface area contributed by atoms with E-state index in [2.05, 4.69) is 50.4 Å². The highest BCUT2D eigenvalue weighted by atomic mass is 31.2. The molecule has 0 aliphatic rings. The van der Waals surface area contributed by atoms with Crippen LogP contribution in [0.15, 0.2) is 36.5 Å². The first kappa shape index (κ1) is 65.2. The number of amides is 1. The van der Waals surface area contributed by atoms with Gasteiger partial charge in [0, 0.05) is 12.8 Å². The van der Waals surface area contributed by atoms with E-state index in [0.717, 1.165) is 83.5 Å². The average molecular weight is 965 g/mol. The van der Waals surface area contributed by atoms with Crippen LogP contribution in [0.25, 0.3) is 0 Å². The number of unbranched alkanes of at least 4 members (excludes halogenated alkanes) is 31. The van der Waals surface area contributed by atoms with Crippen molar-refractivity contribution in [3.8, 4) is 0 Å². The van der Waals surface area contributed by atoms with Crippen molar-refractivity contribution in [1.29, 1.82) is 0 Å². The minimum atomic E-state index is -4.69. The van der Waals surface area contributed by atoms with Crippen LogP contribution in [0.2, 0.25) is 0 Å². The summed E-state index contributed by atoms with van der Waals surface area (Å²) >= 11 is 0. The summed E-state index contributed by atoms with van der Waals surface area (Å²) < 4.78 is 30.2. The smallest absolute Gasteiger partial charge is 0.306 e. The number of nitrogens with zero attached hydrogens (tertiary/aromatic N) is 1. The minimum absolute atomic E-state index is 0.0231. The molecule has 1 N–H and O–H groups in total. The van der Waals surface area contributed by atoms with E-state index in [1.165, 1.54) is 148 Å². The summed E-state index contributed by atoms with van der Waals surface area (Å²) in [7, 11) is 1.18. The first-order valence-electron chi connectivity index (χ1n) is 28.3. The standard InChI is InChI=1S/C57H109N2O7P/c1-7-10-13-16-19-22-25-26-27-28-29-30-31-32-35-38-41-44-47-50-57(61)66-55(48-45-42-39-36-33-23-20-17-14-11-8-2)54(53-65-67(62,63)64-52-51-59(4,5)6)58-56(60)49-46-43-40-37-34-24-21-18-15-12-9-3/h18,21,26-27,45,48,54-55H,7-17,19-20,22-25,28-44,46-47,49-53H2,1-6H3,(H-,58,60,62,63)/b21-18-,27-26+,48-45-. The number of likely N-dealkylation sites (N-methyl/N-ethyl adjacent to an activating group) is 1. The van der Waals surface area contributed by atoms with Crippen LogP contribution in [-0.2, 0) is 27.9 Å². The van der Waals surface area contributed by atoms with Gasteiger partial charge in [-0.2, -0.15) is 0 Å². The second-order valence-electron chi connectivity index (χ2n) is 20.4. The van der Waals surface area contributed by atoms with Crippen LogP contribution in [0.4, 0.5) is 0 Å². The number of ether oxygens (including phenoxy) is 1. The number of carbonyl (C=O) groups is 2. The lowest BCUT2D eigenvalue weighted by atomic mass is 10.0. The molecule has 394 valence electrons. The van der Waals surface area contributed by atoms with Gasteiger partial charge in [0.25, 0.3) is 7.82 Å². The summed E-state index contributed by atoms with van der Waals surface area (Å²) in [5.74, 6) is -0.550. The Hall–Kier alpha value is -1.77. The number of phosphoric ester groups is 1. The molecule has 0 aliphatic carbocycles. The topological polar surface area (TPSA) is 114 Å². The molecule has 0 saturated heterocycles. The van der Waals surface area contributed by atoms with Gasteiger partial charge >= 0.3 is 5.97 Å². The Balaban J connectivity index is 5.25. The highest BCUT2D eigenvalue weighted by molar-refractivity contribution is 7.45. The fraction of sp³-hybridized carbons (Fsp3) is 0.860. The molecule has 1 amide bonds. The Labute approximate surface area is 415 Å². The van der Waals surface area contributed by atoms with Gasteiger partial charge in [0.1, 0.15) is 19.3 Å². The Morgan fingerprint density at radius 1 is 0.507 bits per heavy atom. The maximum absolute atomic E-state index is 13.4. The van der Waals surface area contributed by atoms with Gasteiger partial charge in [0.05, 0.1) is 33.8 Å². The van der Waals surface area contributed by atoms with Crippen molar-refractivity contribution in [2.24, 2.45) is 0 Å². The van der Waals surface area contributed by atoms with E-state index in [1.54, 1.807) is 0 Å². The van der Waals surface area contributed by atoms with Crippen LogP contribution in [0, 0.1) is 0 Å². The third-order valence-corrected chi connectivity index (χ3v) is 13.5. The van der Waals surface area contributed by atoms with Gasteiger partial charge in [0.2, 0.25) is 5.91 Å². The molecule has 0 bridgehead atoms. The van der Waals surface area contributed by atoms with E-state index in [1.807, 2.05) is 33.3 Å². The number of hydrogen-bond acceptors (Lipinski definition) is 7. The number of rotatable bonds is 51. The van der Waals surface area contributed by atoms with Gasteiger partial charge < -0.3 is 28.5 Å². The number of phosphoric acid groups is 1. The lowest BCUT2D eigenvalue weighted by Crippen LogP contribution is -2.47. The summed E-state index contributed by atoms with van der Waals surface area (Å²) in [5, 5.41) is 3.01. The number of carbonyl (C=O) groups excluding carboxylic acids is 2. The summed E-state index contributed by atoms with van der Waals surface area (Å²) in [6, 6.07) is -0.888. The Kier molecular flexibility index (Phi) is 46.6. The van der Waals surface area contributed by atoms with E-state index in [-0.39, 0.29) is 31.5 Å². The minimum Gasteiger partial charge on any atom is -0.756 e. The van der Waals surface area contributed by atoms with Gasteiger partial charge in [0.15, 0.2) is 0 Å². The van der Waals surface area contributed by atoms with Gasteiger partial charge in [-0.15, -0.1) is 0 Å². The van der Waals surface area contributed by atoms with E-state index < -0.39 is 20.0 Å². The Morgan fingerprint density at radius 2 is 0.881 bits per heavy atom. The molecule has 9 nitrogen and oxygen atoms in total. The lowest BCUT2D eigenvalue weighted by molar-refractivity contribution is -0.870. The van der Waals surface area contributed by atoms with Crippen molar-refractivity contribution >= 4 is 19.7 Å². The van der Waals surface area contributed by atoms with Crippen molar-refractivity contribution < 1.29 is 37.3 Å². The molecule has 3 unspecified atom stereocenters. The molecule has 0 aromatic rings. The Bertz CT molecular complexity index is 1250. The zero-order valence-corrected chi connectivity index (χ0v) is 45.8. The quantitative estimate of drug-likeness (QED) is 0.0212. The number of hydrogen-bond donors (Lipinski definition) is 1. The van der Waals surface area contributed by atoms with Gasteiger partial charge in [-0.1, -0.05) is 212 Å². The highest BCUT2D eigenvalue weighted by Crippen LogP contribution is 2.38. The molecule has 0 rings (SSSR count). The molecule has 3 atom stereocenters. The molecule has 0 heterocycles. The molecule has 0 aromatic carbocycles. The third kappa shape index (κ3) is 49.0. The molecular formula is C57H109N2O7P. The van der Waals surface area contributed by atoms with Crippen molar-refractivity contribution in [1.82, 2.24) is 5.32 Å². The SMILES string of the molecule is CCCC/C=C\CCCCCCCC(=O)NC(COP(=O)([O-])OCC[N+](C)(C)C)C(/C=C\CCCCCCCCCCC)OC(=O)CCCCCCCCCCC/C=C/CCCCCCCC. The summed E-state index contributed by atoms with van der Waals surface area (Å²) in [4.78, 5) is 39.7. The largest absolute Gasteiger partial charge is 0.756 e. The van der Waals surface area contributed by atoms with Crippen molar-refractivity contribution in [2.45, 2.75) is 277 Å². The van der Waals surface area contributed by atoms with Crippen LogP contribution in [-0.4, -0.2) is 69.4 Å². The van der Waals surface area contributed by atoms with E-state index in [0.29, 0.717) is 17.4 Å². The predicted octanol–water partition coefficient (Wildman–Crippen LogP) is 16.1. The van der Waals surface area contributed by atoms with Gasteiger partial charge in [-0.05, 0) is 76.7 Å². The van der Waals surface area contributed by atoms with Gasteiger partial charge in [-0.25, -0.2) is 0 Å². The number of esters is 1. The summed E-state index contributed by atoms with van der Waals surface area (Å²) in [5.41, 5.74) is 0. The molecular weight excluding hydrogens is 856 g/mol. The first-order chi connectivity index (χ1) is 32.4. The first-order valence-corrected chi connectivity index (χ1v) is 29.8. The summed E-state index contributed by atoms with van der Waals surface area (Å²) in [6.07, 6.45) is 55.4. The van der Waals surface area contributed by atoms with Crippen LogP contribution in [0.5, 0.6) is 0 Å².